The molecule has 19 heavy (non-hydrogen) atoms. The number of carbonyl (C=O) groups is 1. The van der Waals surface area contributed by atoms with E-state index in [1.54, 1.807) is 0 Å². The molecule has 1 unspecified atom stereocenters. The SMILES string of the molecule is O=C(NCC1(C2CC2)CC1)C1CNc2ccccc21. The summed E-state index contributed by atoms with van der Waals surface area (Å²) < 4.78 is 0. The van der Waals surface area contributed by atoms with E-state index >= 15 is 0 Å². The normalized spacial score (nSPS) is 26.4. The summed E-state index contributed by atoms with van der Waals surface area (Å²) >= 11 is 0. The van der Waals surface area contributed by atoms with E-state index in [4.69, 9.17) is 0 Å². The molecule has 1 aliphatic heterocycles. The van der Waals surface area contributed by atoms with Gasteiger partial charge in [0.25, 0.3) is 0 Å². The zero-order valence-corrected chi connectivity index (χ0v) is 11.1. The van der Waals surface area contributed by atoms with Crippen molar-refractivity contribution in [3.63, 3.8) is 0 Å². The van der Waals surface area contributed by atoms with Crippen molar-refractivity contribution in [3.8, 4) is 0 Å². The smallest absolute Gasteiger partial charge is 0.229 e. The van der Waals surface area contributed by atoms with E-state index in [2.05, 4.69) is 22.8 Å². The van der Waals surface area contributed by atoms with Crippen LogP contribution in [-0.4, -0.2) is 19.0 Å². The molecule has 3 nitrogen and oxygen atoms in total. The minimum atomic E-state index is -0.00815. The lowest BCUT2D eigenvalue weighted by Crippen LogP contribution is -2.35. The van der Waals surface area contributed by atoms with Crippen LogP contribution in [0.2, 0.25) is 0 Å². The van der Waals surface area contributed by atoms with Gasteiger partial charge in [-0.3, -0.25) is 4.79 Å². The van der Waals surface area contributed by atoms with Gasteiger partial charge in [0.2, 0.25) is 5.91 Å². The lowest BCUT2D eigenvalue weighted by Gasteiger charge is -2.17. The van der Waals surface area contributed by atoms with E-state index in [9.17, 15) is 4.79 Å². The maximum Gasteiger partial charge on any atom is 0.229 e. The van der Waals surface area contributed by atoms with Crippen molar-refractivity contribution in [2.45, 2.75) is 31.6 Å². The Morgan fingerprint density at radius 2 is 2.11 bits per heavy atom. The van der Waals surface area contributed by atoms with Crippen LogP contribution in [0, 0.1) is 11.3 Å². The third-order valence-corrected chi connectivity index (χ3v) is 5.10. The molecule has 2 N–H and O–H groups in total. The summed E-state index contributed by atoms with van der Waals surface area (Å²) in [7, 11) is 0. The number of amides is 1. The minimum Gasteiger partial charge on any atom is -0.384 e. The van der Waals surface area contributed by atoms with Crippen LogP contribution in [0.25, 0.3) is 0 Å². The molecule has 1 atom stereocenters. The van der Waals surface area contributed by atoms with E-state index in [0.29, 0.717) is 5.41 Å². The fourth-order valence-electron chi connectivity index (χ4n) is 3.49. The Morgan fingerprint density at radius 1 is 1.32 bits per heavy atom. The average Bonchev–Trinajstić information content (AvgIpc) is 3.32. The molecule has 1 aromatic rings. The zero-order valence-electron chi connectivity index (χ0n) is 11.1. The Kier molecular flexibility index (Phi) is 2.38. The monoisotopic (exact) mass is 256 g/mol. The Hall–Kier alpha value is -1.51. The van der Waals surface area contributed by atoms with Gasteiger partial charge >= 0.3 is 0 Å². The van der Waals surface area contributed by atoms with Crippen molar-refractivity contribution < 1.29 is 4.79 Å². The van der Waals surface area contributed by atoms with Crippen LogP contribution in [-0.2, 0) is 4.79 Å². The molecule has 4 rings (SSSR count). The van der Waals surface area contributed by atoms with Crippen LogP contribution in [0.1, 0.15) is 37.2 Å². The number of anilines is 1. The molecule has 3 heteroatoms. The molecule has 0 bridgehead atoms. The third kappa shape index (κ3) is 1.92. The average molecular weight is 256 g/mol. The largest absolute Gasteiger partial charge is 0.384 e. The third-order valence-electron chi connectivity index (χ3n) is 5.10. The first-order chi connectivity index (χ1) is 9.28. The Labute approximate surface area is 113 Å². The number of nitrogens with one attached hydrogen (secondary N) is 2. The summed E-state index contributed by atoms with van der Waals surface area (Å²) in [5.41, 5.74) is 2.75. The molecule has 0 aromatic heterocycles. The van der Waals surface area contributed by atoms with E-state index in [1.165, 1.54) is 25.7 Å². The second-order valence-electron chi connectivity index (χ2n) is 6.38. The Balaban J connectivity index is 1.42. The number of rotatable bonds is 4. The number of para-hydroxylation sites is 1. The van der Waals surface area contributed by atoms with Crippen LogP contribution in [0.15, 0.2) is 24.3 Å². The van der Waals surface area contributed by atoms with Crippen LogP contribution in [0.3, 0.4) is 0 Å². The molecular weight excluding hydrogens is 236 g/mol. The highest BCUT2D eigenvalue weighted by Crippen LogP contribution is 2.60. The van der Waals surface area contributed by atoms with Gasteiger partial charge in [0.15, 0.2) is 0 Å². The van der Waals surface area contributed by atoms with Gasteiger partial charge < -0.3 is 10.6 Å². The quantitative estimate of drug-likeness (QED) is 0.869. The van der Waals surface area contributed by atoms with Gasteiger partial charge in [-0.15, -0.1) is 0 Å². The molecule has 1 aromatic carbocycles. The van der Waals surface area contributed by atoms with Crippen molar-refractivity contribution in [1.29, 1.82) is 0 Å². The van der Waals surface area contributed by atoms with Crippen molar-refractivity contribution in [2.75, 3.05) is 18.4 Å². The number of carbonyl (C=O) groups excluding carboxylic acids is 1. The van der Waals surface area contributed by atoms with Gasteiger partial charge in [0.1, 0.15) is 0 Å². The zero-order chi connectivity index (χ0) is 12.9. The standard InChI is InChI=1S/C16H20N2O/c19-15(18-10-16(7-8-16)11-5-6-11)13-9-17-14-4-2-1-3-12(13)14/h1-4,11,13,17H,5-10H2,(H,18,19). The number of benzene rings is 1. The van der Waals surface area contributed by atoms with Gasteiger partial charge in [-0.2, -0.15) is 0 Å². The maximum atomic E-state index is 12.4. The van der Waals surface area contributed by atoms with Crippen molar-refractivity contribution >= 4 is 11.6 Å². The maximum absolute atomic E-state index is 12.4. The van der Waals surface area contributed by atoms with Gasteiger partial charge in [-0.05, 0) is 48.6 Å². The molecular formula is C16H20N2O. The van der Waals surface area contributed by atoms with Gasteiger partial charge in [0.05, 0.1) is 5.92 Å². The first kappa shape index (κ1) is 11.3. The number of hydrogen-bond acceptors (Lipinski definition) is 2. The molecule has 3 aliphatic rings. The fraction of sp³-hybridized carbons (Fsp3) is 0.562. The second-order valence-corrected chi connectivity index (χ2v) is 6.38. The van der Waals surface area contributed by atoms with E-state index in [-0.39, 0.29) is 11.8 Å². The number of fused-ring (bicyclic) bond motifs is 1. The highest BCUT2D eigenvalue weighted by atomic mass is 16.1. The first-order valence-electron chi connectivity index (χ1n) is 7.39. The molecule has 100 valence electrons. The van der Waals surface area contributed by atoms with Gasteiger partial charge in [0, 0.05) is 18.8 Å². The highest BCUT2D eigenvalue weighted by Gasteiger charge is 2.53. The minimum absolute atomic E-state index is 0.00815. The molecule has 0 saturated heterocycles. The van der Waals surface area contributed by atoms with Crippen LogP contribution >= 0.6 is 0 Å². The van der Waals surface area contributed by atoms with Crippen LogP contribution in [0.4, 0.5) is 5.69 Å². The Morgan fingerprint density at radius 3 is 2.84 bits per heavy atom. The summed E-state index contributed by atoms with van der Waals surface area (Å²) in [5.74, 6) is 1.09. The first-order valence-corrected chi connectivity index (χ1v) is 7.39. The molecule has 0 radical (unpaired) electrons. The summed E-state index contributed by atoms with van der Waals surface area (Å²) in [6, 6.07) is 8.14. The van der Waals surface area contributed by atoms with E-state index < -0.39 is 0 Å². The number of hydrogen-bond donors (Lipinski definition) is 2. The lowest BCUT2D eigenvalue weighted by molar-refractivity contribution is -0.122. The molecule has 1 heterocycles. The van der Waals surface area contributed by atoms with Crippen LogP contribution in [0.5, 0.6) is 0 Å². The van der Waals surface area contributed by atoms with E-state index in [1.807, 2.05) is 12.1 Å². The fourth-order valence-corrected chi connectivity index (χ4v) is 3.49. The predicted octanol–water partition coefficient (Wildman–Crippen LogP) is 2.50. The highest BCUT2D eigenvalue weighted by molar-refractivity contribution is 5.88. The van der Waals surface area contributed by atoms with Gasteiger partial charge in [-0.25, -0.2) is 0 Å². The predicted molar refractivity (Wildman–Crippen MR) is 75.1 cm³/mol. The van der Waals surface area contributed by atoms with Crippen molar-refractivity contribution in [1.82, 2.24) is 5.32 Å². The van der Waals surface area contributed by atoms with Crippen molar-refractivity contribution in [3.05, 3.63) is 29.8 Å². The second kappa shape index (κ2) is 3.99. The summed E-state index contributed by atoms with van der Waals surface area (Å²) in [5, 5.41) is 6.53. The topological polar surface area (TPSA) is 41.1 Å². The Bertz CT molecular complexity index is 517. The summed E-state index contributed by atoms with van der Waals surface area (Å²) in [4.78, 5) is 12.4. The molecule has 0 spiro atoms. The van der Waals surface area contributed by atoms with Crippen molar-refractivity contribution in [2.24, 2.45) is 11.3 Å². The lowest BCUT2D eigenvalue weighted by atomic mass is 9.98. The molecule has 2 fully saturated rings. The molecule has 2 saturated carbocycles. The molecule has 1 amide bonds. The summed E-state index contributed by atoms with van der Waals surface area (Å²) in [6.45, 7) is 1.64. The summed E-state index contributed by atoms with van der Waals surface area (Å²) in [6.07, 6.45) is 5.39. The van der Waals surface area contributed by atoms with Crippen LogP contribution < -0.4 is 10.6 Å². The molecule has 2 aliphatic carbocycles. The van der Waals surface area contributed by atoms with Gasteiger partial charge in [-0.1, -0.05) is 18.2 Å². The van der Waals surface area contributed by atoms with E-state index in [0.717, 1.165) is 30.3 Å².